The molecule has 0 aromatic heterocycles. The molecule has 1 aromatic carbocycles. The van der Waals surface area contributed by atoms with Crippen molar-refractivity contribution in [1.82, 2.24) is 0 Å². The molecule has 2 saturated carbocycles. The van der Waals surface area contributed by atoms with E-state index < -0.39 is 91.7 Å². The molecule has 0 radical (unpaired) electrons. The van der Waals surface area contributed by atoms with Gasteiger partial charge in [-0.3, -0.25) is 4.79 Å². The second-order valence-electron chi connectivity index (χ2n) is 12.7. The highest BCUT2D eigenvalue weighted by Crippen LogP contribution is 2.98. The quantitative estimate of drug-likeness (QED) is 0.183. The molecule has 0 amide bonds. The number of ether oxygens (including phenoxy) is 2. The van der Waals surface area contributed by atoms with Crippen molar-refractivity contribution in [3.05, 3.63) is 47.0 Å². The Morgan fingerprint density at radius 1 is 1.05 bits per heavy atom. The van der Waals surface area contributed by atoms with E-state index in [1.165, 1.54) is 0 Å². The number of ketones is 1. The number of carbonyl (C=O) groups excluding carboxylic acids is 2. The molecule has 2 bridgehead atoms. The Hall–Kier alpha value is 0.870. The van der Waals surface area contributed by atoms with E-state index in [0.717, 1.165) is 0 Å². The molecule has 238 valence electrons. The first-order valence-corrected chi connectivity index (χ1v) is 25.7. The molecule has 11 unspecified atom stereocenters. The van der Waals surface area contributed by atoms with Gasteiger partial charge in [-0.1, -0.05) is 32.0 Å². The zero-order chi connectivity index (χ0) is 31.9. The Bertz CT molecular complexity index is 1300. The van der Waals surface area contributed by atoms with Crippen LogP contribution in [-0.4, -0.2) is 80.5 Å². The van der Waals surface area contributed by atoms with Crippen molar-refractivity contribution in [3.63, 3.8) is 0 Å². The highest BCUT2D eigenvalue weighted by Gasteiger charge is 2.76. The van der Waals surface area contributed by atoms with E-state index in [0.29, 0.717) is 5.57 Å². The minimum atomic E-state index is -2.00. The van der Waals surface area contributed by atoms with Crippen LogP contribution in [0, 0.1) is 16.7 Å². The Labute approximate surface area is 264 Å². The van der Waals surface area contributed by atoms with Gasteiger partial charge < -0.3 is 34.4 Å². The van der Waals surface area contributed by atoms with Crippen LogP contribution in [0.15, 0.2) is 41.5 Å². The predicted molar refractivity (Wildman–Crippen MR) is 184 cm³/mol. The van der Waals surface area contributed by atoms with Gasteiger partial charge in [0.05, 0.1) is 43.4 Å². The standard InChI is InChI=1S/C27H41O9P7/c1-13-15(28)11-27(33)22(35-23(31)14-8-6-5-7-9-14)20-25(4,21(30)19(29)18(13)24(27,2)3)16(10-17-26(20,32)12-34-17)36-41(42(37)38)43(39)40/h5-9,15-17,19-20,22,28-29,32-33H,10-12,37-40H2,1-4H3/t15?,16?,17?,19?,20?,22?,25-,26+,27?/m1/s1. The molecule has 3 aliphatic carbocycles. The molecule has 1 aliphatic heterocycles. The third-order valence-electron chi connectivity index (χ3n) is 10.2. The molecule has 4 N–H and O–H groups in total. The number of aliphatic hydroxyl groups is 4. The lowest BCUT2D eigenvalue weighted by Crippen LogP contribution is -2.81. The number of esters is 1. The Morgan fingerprint density at radius 2 is 1.65 bits per heavy atom. The largest absolute Gasteiger partial charge is 0.455 e. The first-order valence-electron chi connectivity index (χ1n) is 13.9. The van der Waals surface area contributed by atoms with Gasteiger partial charge in [-0.2, -0.15) is 0 Å². The molecule has 43 heavy (non-hydrogen) atoms. The summed E-state index contributed by atoms with van der Waals surface area (Å²) in [5.41, 5.74) is -5.82. The van der Waals surface area contributed by atoms with Gasteiger partial charge >= 0.3 is 5.97 Å². The average Bonchev–Trinajstić information content (AvgIpc) is 2.93. The summed E-state index contributed by atoms with van der Waals surface area (Å²) in [6.07, 6.45) is -6.05. The summed E-state index contributed by atoms with van der Waals surface area (Å²) < 4.78 is 19.0. The highest BCUT2D eigenvalue weighted by molar-refractivity contribution is 8.96. The Kier molecular flexibility index (Phi) is 10.1. The van der Waals surface area contributed by atoms with Crippen molar-refractivity contribution in [2.75, 3.05) is 6.61 Å². The minimum Gasteiger partial charge on any atom is -0.455 e. The topological polar surface area (TPSA) is 143 Å². The van der Waals surface area contributed by atoms with E-state index >= 15 is 0 Å². The van der Waals surface area contributed by atoms with E-state index in [-0.39, 0.29) is 30.6 Å². The van der Waals surface area contributed by atoms with Crippen LogP contribution in [0.4, 0.5) is 0 Å². The van der Waals surface area contributed by atoms with Gasteiger partial charge in [0, 0.05) is 24.2 Å². The zero-order valence-electron chi connectivity index (χ0n) is 24.5. The number of Topliss-reactive ketones (excluding diaryl/α,β-unsaturated/α-hetero) is 1. The number of carbonyl (C=O) groups is 2. The van der Waals surface area contributed by atoms with Crippen LogP contribution < -0.4 is 0 Å². The van der Waals surface area contributed by atoms with Crippen molar-refractivity contribution in [2.24, 2.45) is 16.7 Å². The summed E-state index contributed by atoms with van der Waals surface area (Å²) >= 11 is 0. The van der Waals surface area contributed by atoms with Crippen molar-refractivity contribution in [3.8, 4) is 0 Å². The molecule has 5 rings (SSSR count). The van der Waals surface area contributed by atoms with Crippen molar-refractivity contribution < 1.29 is 44.0 Å². The lowest BCUT2D eigenvalue weighted by atomic mass is 9.45. The van der Waals surface area contributed by atoms with Crippen LogP contribution in [0.5, 0.6) is 0 Å². The number of fused-ring (bicyclic) bond motifs is 5. The third-order valence-corrected chi connectivity index (χ3v) is 32.7. The number of hydrogen-bond donors (Lipinski definition) is 4. The van der Waals surface area contributed by atoms with E-state index in [2.05, 4.69) is 35.7 Å². The SMILES string of the molecule is CC1=C2C(O)C(=O)[C@]3(C)C(OP(P(P)P)P(P)P)CC4OC[C@@]4(O)C3C(OC(=O)c3ccccc3)C(O)(CC1O)C2(C)C. The smallest absolute Gasteiger partial charge is 0.338 e. The fourth-order valence-corrected chi connectivity index (χ4v) is 40.6. The lowest BCUT2D eigenvalue weighted by Gasteiger charge is -2.67. The summed E-state index contributed by atoms with van der Waals surface area (Å²) in [6, 6.07) is 8.32. The van der Waals surface area contributed by atoms with Crippen LogP contribution in [-0.2, 0) is 18.8 Å². The minimum absolute atomic E-state index is 0.150. The molecule has 1 heterocycles. The van der Waals surface area contributed by atoms with Gasteiger partial charge in [-0.25, -0.2) is 4.79 Å². The summed E-state index contributed by atoms with van der Waals surface area (Å²) in [6.45, 7) is 5.06. The summed E-state index contributed by atoms with van der Waals surface area (Å²) in [7, 11) is 10.1. The summed E-state index contributed by atoms with van der Waals surface area (Å²) in [5, 5.41) is 48.3. The van der Waals surface area contributed by atoms with Crippen LogP contribution >= 0.6 is 57.2 Å². The molecule has 3 fully saturated rings. The molecule has 16 heteroatoms. The van der Waals surface area contributed by atoms with Crippen LogP contribution in [0.3, 0.4) is 0 Å². The number of rotatable bonds is 6. The van der Waals surface area contributed by atoms with E-state index in [4.69, 9.17) is 14.0 Å². The lowest BCUT2D eigenvalue weighted by molar-refractivity contribution is -0.341. The second-order valence-corrected chi connectivity index (χ2v) is 36.3. The molecule has 4 aliphatic rings. The van der Waals surface area contributed by atoms with Gasteiger partial charge in [-0.15, -0.1) is 35.7 Å². The molecule has 13 atom stereocenters. The fourth-order valence-electron chi connectivity index (χ4n) is 7.74. The maximum absolute atomic E-state index is 14.8. The highest BCUT2D eigenvalue weighted by atomic mass is 33.0. The first kappa shape index (κ1) is 35.2. The van der Waals surface area contributed by atoms with Crippen LogP contribution in [0.2, 0.25) is 0 Å². The van der Waals surface area contributed by atoms with Gasteiger partial charge in [0.2, 0.25) is 0 Å². The van der Waals surface area contributed by atoms with Gasteiger partial charge in [0.25, 0.3) is 0 Å². The van der Waals surface area contributed by atoms with E-state index in [1.807, 2.05) is 0 Å². The van der Waals surface area contributed by atoms with Crippen LogP contribution in [0.25, 0.3) is 0 Å². The van der Waals surface area contributed by atoms with Crippen LogP contribution in [0.1, 0.15) is 50.9 Å². The molecule has 1 aromatic rings. The maximum Gasteiger partial charge on any atom is 0.338 e. The van der Waals surface area contributed by atoms with Crippen molar-refractivity contribution >= 4 is 69.0 Å². The second kappa shape index (κ2) is 12.4. The van der Waals surface area contributed by atoms with Gasteiger partial charge in [0.15, 0.2) is 5.78 Å². The molecular formula is C27H41O9P7. The summed E-state index contributed by atoms with van der Waals surface area (Å²) in [5.74, 6) is -2.58. The van der Waals surface area contributed by atoms with E-state index in [9.17, 15) is 30.0 Å². The van der Waals surface area contributed by atoms with Crippen molar-refractivity contribution in [1.29, 1.82) is 0 Å². The summed E-state index contributed by atoms with van der Waals surface area (Å²) in [4.78, 5) is 28.6. The predicted octanol–water partition coefficient (Wildman–Crippen LogP) is 4.89. The fraction of sp³-hybridized carbons (Fsp3) is 0.630. The monoisotopic (exact) mass is 726 g/mol. The third kappa shape index (κ3) is 5.43. The number of benzene rings is 1. The maximum atomic E-state index is 14.8. The average molecular weight is 726 g/mol. The Balaban J connectivity index is 1.77. The Morgan fingerprint density at radius 3 is 2.19 bits per heavy atom. The zero-order valence-corrected chi connectivity index (χ0v) is 31.8. The normalized spacial score (nSPS) is 40.5. The van der Waals surface area contributed by atoms with Gasteiger partial charge in [0.1, 0.15) is 23.4 Å². The molecular weight excluding hydrogens is 685 g/mol. The number of hydrogen-bond acceptors (Lipinski definition) is 9. The number of aliphatic hydroxyl groups excluding tert-OH is 2. The molecule has 9 nitrogen and oxygen atoms in total. The molecule has 1 saturated heterocycles. The van der Waals surface area contributed by atoms with Gasteiger partial charge in [-0.05, 0) is 51.1 Å². The van der Waals surface area contributed by atoms with Crippen molar-refractivity contribution in [2.45, 2.75) is 82.3 Å². The van der Waals surface area contributed by atoms with E-state index in [1.54, 1.807) is 58.0 Å². The molecule has 0 spiro atoms. The first-order chi connectivity index (χ1) is 19.9.